The van der Waals surface area contributed by atoms with Crippen molar-refractivity contribution in [1.82, 2.24) is 0 Å². The van der Waals surface area contributed by atoms with Gasteiger partial charge in [-0.05, 0) is 61.2 Å². The second kappa shape index (κ2) is 5.05. The molecule has 1 nitrogen and oxygen atoms in total. The van der Waals surface area contributed by atoms with E-state index in [0.717, 1.165) is 12.2 Å². The average molecular weight is 224 g/mol. The molecule has 0 aliphatic carbocycles. The van der Waals surface area contributed by atoms with Crippen LogP contribution < -0.4 is 5.32 Å². The van der Waals surface area contributed by atoms with Crippen molar-refractivity contribution < 1.29 is 0 Å². The van der Waals surface area contributed by atoms with E-state index in [4.69, 9.17) is 0 Å². The van der Waals surface area contributed by atoms with Crippen LogP contribution in [-0.2, 0) is 6.54 Å². The Morgan fingerprint density at radius 3 is 2.18 bits per heavy atom. The first kappa shape index (κ1) is 11.7. The van der Waals surface area contributed by atoms with Gasteiger partial charge in [0.2, 0.25) is 0 Å². The van der Waals surface area contributed by atoms with Gasteiger partial charge in [0.1, 0.15) is 0 Å². The molecule has 0 aromatic heterocycles. The summed E-state index contributed by atoms with van der Waals surface area (Å²) in [6, 6.07) is 15.4. The predicted octanol–water partition coefficient (Wildman–Crippen LogP) is 4.02. The summed E-state index contributed by atoms with van der Waals surface area (Å²) >= 11 is 0. The molecule has 1 N–H and O–H groups in total. The molecule has 0 spiro atoms. The van der Waals surface area contributed by atoms with E-state index in [1.807, 2.05) is 24.3 Å². The Morgan fingerprint density at radius 2 is 1.59 bits per heavy atom. The Bertz CT molecular complexity index is 477. The standard InChI is InChI=1S/C16H18N/c1-12-9-15(10-13(2)14(12)3)11-17-16-7-5-4-6-8-16/h5-10,17H,11H2,1-3H3. The van der Waals surface area contributed by atoms with Crippen LogP contribution in [0.25, 0.3) is 0 Å². The molecule has 0 saturated heterocycles. The molecule has 0 aliphatic heterocycles. The van der Waals surface area contributed by atoms with Crippen molar-refractivity contribution >= 4 is 5.69 Å². The van der Waals surface area contributed by atoms with Crippen molar-refractivity contribution in [1.29, 1.82) is 0 Å². The molecule has 2 aromatic carbocycles. The van der Waals surface area contributed by atoms with E-state index < -0.39 is 0 Å². The summed E-state index contributed by atoms with van der Waals surface area (Å²) in [4.78, 5) is 0. The molecule has 2 rings (SSSR count). The third kappa shape index (κ3) is 2.88. The Balaban J connectivity index is 2.10. The summed E-state index contributed by atoms with van der Waals surface area (Å²) in [6.45, 7) is 7.38. The topological polar surface area (TPSA) is 12.0 Å². The molecule has 0 bridgehead atoms. The lowest BCUT2D eigenvalue weighted by atomic mass is 10.0. The van der Waals surface area contributed by atoms with E-state index >= 15 is 0 Å². The van der Waals surface area contributed by atoms with Gasteiger partial charge in [-0.3, -0.25) is 0 Å². The number of anilines is 1. The van der Waals surface area contributed by atoms with Crippen LogP contribution in [0.4, 0.5) is 5.69 Å². The van der Waals surface area contributed by atoms with Crippen LogP contribution in [-0.4, -0.2) is 0 Å². The highest BCUT2D eigenvalue weighted by atomic mass is 14.9. The lowest BCUT2D eigenvalue weighted by Gasteiger charge is -2.10. The summed E-state index contributed by atoms with van der Waals surface area (Å²) in [5.74, 6) is 0. The van der Waals surface area contributed by atoms with Crippen LogP contribution >= 0.6 is 0 Å². The molecule has 0 atom stereocenters. The first-order chi connectivity index (χ1) is 8.16. The van der Waals surface area contributed by atoms with E-state index in [0.29, 0.717) is 0 Å². The van der Waals surface area contributed by atoms with Gasteiger partial charge in [-0.1, -0.05) is 24.3 Å². The molecule has 0 aliphatic rings. The van der Waals surface area contributed by atoms with Crippen LogP contribution in [0, 0.1) is 26.8 Å². The molecule has 0 amide bonds. The number of aryl methyl sites for hydroxylation is 2. The maximum absolute atomic E-state index is 3.41. The summed E-state index contributed by atoms with van der Waals surface area (Å²) in [7, 11) is 0. The zero-order valence-corrected chi connectivity index (χ0v) is 10.7. The van der Waals surface area contributed by atoms with Gasteiger partial charge in [0.05, 0.1) is 0 Å². The van der Waals surface area contributed by atoms with Crippen molar-refractivity contribution in [3.63, 3.8) is 0 Å². The van der Waals surface area contributed by atoms with E-state index in [9.17, 15) is 0 Å². The van der Waals surface area contributed by atoms with Crippen molar-refractivity contribution in [2.75, 3.05) is 5.32 Å². The molecule has 1 heteroatoms. The lowest BCUT2D eigenvalue weighted by molar-refractivity contribution is 1.12. The fraction of sp³-hybridized carbons (Fsp3) is 0.250. The molecular formula is C16H18N. The SMILES string of the molecule is Cc1cc(CNc2cc[c]cc2)cc(C)c1C. The van der Waals surface area contributed by atoms with Gasteiger partial charge in [0.25, 0.3) is 0 Å². The van der Waals surface area contributed by atoms with Crippen LogP contribution in [0.15, 0.2) is 36.4 Å². The number of hydrogen-bond donors (Lipinski definition) is 1. The predicted molar refractivity (Wildman–Crippen MR) is 73.3 cm³/mol. The number of rotatable bonds is 3. The largest absolute Gasteiger partial charge is 0.381 e. The molecule has 87 valence electrons. The monoisotopic (exact) mass is 224 g/mol. The second-order valence-electron chi connectivity index (χ2n) is 4.50. The highest BCUT2D eigenvalue weighted by Crippen LogP contribution is 2.16. The van der Waals surface area contributed by atoms with Crippen LogP contribution in [0.2, 0.25) is 0 Å². The maximum Gasteiger partial charge on any atom is 0.0400 e. The number of benzene rings is 2. The fourth-order valence-corrected chi connectivity index (χ4v) is 1.94. The zero-order valence-electron chi connectivity index (χ0n) is 10.7. The average Bonchev–Trinajstić information content (AvgIpc) is 2.34. The zero-order chi connectivity index (χ0) is 12.3. The van der Waals surface area contributed by atoms with Gasteiger partial charge in [-0.2, -0.15) is 0 Å². The summed E-state index contributed by atoms with van der Waals surface area (Å²) < 4.78 is 0. The van der Waals surface area contributed by atoms with E-state index in [1.165, 1.54) is 22.3 Å². The summed E-state index contributed by atoms with van der Waals surface area (Å²) in [5, 5.41) is 3.41. The van der Waals surface area contributed by atoms with Crippen molar-refractivity contribution in [2.24, 2.45) is 0 Å². The molecule has 0 fully saturated rings. The summed E-state index contributed by atoms with van der Waals surface area (Å²) in [5.41, 5.74) is 6.59. The van der Waals surface area contributed by atoms with Gasteiger partial charge >= 0.3 is 0 Å². The highest BCUT2D eigenvalue weighted by molar-refractivity contribution is 5.44. The van der Waals surface area contributed by atoms with Gasteiger partial charge in [-0.15, -0.1) is 0 Å². The first-order valence-corrected chi connectivity index (χ1v) is 5.93. The fourth-order valence-electron chi connectivity index (χ4n) is 1.94. The third-order valence-corrected chi connectivity index (χ3v) is 3.20. The molecule has 1 radical (unpaired) electrons. The van der Waals surface area contributed by atoms with Gasteiger partial charge in [-0.25, -0.2) is 0 Å². The van der Waals surface area contributed by atoms with Gasteiger partial charge in [0.15, 0.2) is 0 Å². The lowest BCUT2D eigenvalue weighted by Crippen LogP contribution is -2.01. The van der Waals surface area contributed by atoms with E-state index in [1.54, 1.807) is 0 Å². The normalized spacial score (nSPS) is 10.3. The molecule has 2 aromatic rings. The summed E-state index contributed by atoms with van der Waals surface area (Å²) in [6.07, 6.45) is 0. The van der Waals surface area contributed by atoms with Crippen LogP contribution in [0.5, 0.6) is 0 Å². The third-order valence-electron chi connectivity index (χ3n) is 3.20. The quantitative estimate of drug-likeness (QED) is 0.830. The minimum atomic E-state index is 0.867. The maximum atomic E-state index is 3.41. The van der Waals surface area contributed by atoms with Crippen LogP contribution in [0.3, 0.4) is 0 Å². The Labute approximate surface area is 103 Å². The number of hydrogen-bond acceptors (Lipinski definition) is 1. The molecule has 0 heterocycles. The van der Waals surface area contributed by atoms with Crippen molar-refractivity contribution in [3.05, 3.63) is 64.7 Å². The minimum absolute atomic E-state index is 0.867. The van der Waals surface area contributed by atoms with E-state index in [-0.39, 0.29) is 0 Å². The van der Waals surface area contributed by atoms with Crippen molar-refractivity contribution in [2.45, 2.75) is 27.3 Å². The minimum Gasteiger partial charge on any atom is -0.381 e. The van der Waals surface area contributed by atoms with Crippen LogP contribution in [0.1, 0.15) is 22.3 Å². The van der Waals surface area contributed by atoms with Gasteiger partial charge in [0, 0.05) is 12.2 Å². The number of nitrogens with one attached hydrogen (secondary N) is 1. The molecule has 17 heavy (non-hydrogen) atoms. The highest BCUT2D eigenvalue weighted by Gasteiger charge is 2.00. The first-order valence-electron chi connectivity index (χ1n) is 5.93. The molecular weight excluding hydrogens is 206 g/mol. The molecule has 0 unspecified atom stereocenters. The molecule has 0 saturated carbocycles. The Kier molecular flexibility index (Phi) is 3.48. The second-order valence-corrected chi connectivity index (χ2v) is 4.50. The van der Waals surface area contributed by atoms with Gasteiger partial charge < -0.3 is 5.32 Å². The smallest absolute Gasteiger partial charge is 0.0400 e. The van der Waals surface area contributed by atoms with Crippen molar-refractivity contribution in [3.8, 4) is 0 Å². The van der Waals surface area contributed by atoms with E-state index in [2.05, 4.69) is 44.3 Å². The Hall–Kier alpha value is -1.76. The Morgan fingerprint density at radius 1 is 1.00 bits per heavy atom.